The van der Waals surface area contributed by atoms with Crippen molar-refractivity contribution in [3.05, 3.63) is 29.8 Å². The first-order valence-electron chi connectivity index (χ1n) is 9.53. The summed E-state index contributed by atoms with van der Waals surface area (Å²) in [4.78, 5) is 0. The molecule has 2 aliphatic carbocycles. The molecule has 0 aliphatic heterocycles. The second-order valence-electron chi connectivity index (χ2n) is 8.02. The van der Waals surface area contributed by atoms with Crippen LogP contribution in [0, 0.1) is 30.6 Å². The second kappa shape index (κ2) is 7.70. The Balaban J connectivity index is 1.45. The highest BCUT2D eigenvalue weighted by Crippen LogP contribution is 2.42. The number of aryl methyl sites for hydroxylation is 1. The van der Waals surface area contributed by atoms with E-state index in [4.69, 9.17) is 4.74 Å². The van der Waals surface area contributed by atoms with Crippen LogP contribution in [0.15, 0.2) is 24.3 Å². The summed E-state index contributed by atoms with van der Waals surface area (Å²) < 4.78 is 5.76. The fourth-order valence-corrected chi connectivity index (χ4v) is 4.51. The summed E-state index contributed by atoms with van der Waals surface area (Å²) in [5.74, 6) is 3.86. The summed E-state index contributed by atoms with van der Waals surface area (Å²) in [5, 5.41) is 10.4. The molecule has 2 fully saturated rings. The molecule has 0 spiro atoms. The van der Waals surface area contributed by atoms with E-state index in [1.807, 2.05) is 24.3 Å². The van der Waals surface area contributed by atoms with Crippen molar-refractivity contribution in [2.75, 3.05) is 0 Å². The maximum atomic E-state index is 10.4. The fourth-order valence-electron chi connectivity index (χ4n) is 4.51. The lowest BCUT2D eigenvalue weighted by atomic mass is 9.69. The Morgan fingerprint density at radius 2 is 1.39 bits per heavy atom. The van der Waals surface area contributed by atoms with Gasteiger partial charge < -0.3 is 9.84 Å². The van der Waals surface area contributed by atoms with E-state index in [-0.39, 0.29) is 0 Å². The molecule has 3 rings (SSSR count). The highest BCUT2D eigenvalue weighted by molar-refractivity contribution is 5.26. The van der Waals surface area contributed by atoms with Crippen LogP contribution < -0.4 is 4.74 Å². The predicted octanol–water partition coefficient (Wildman–Crippen LogP) is 5.32. The maximum absolute atomic E-state index is 10.4. The number of rotatable bonds is 4. The fraction of sp³-hybridized carbons (Fsp3) is 0.714. The van der Waals surface area contributed by atoms with Gasteiger partial charge in [0.2, 0.25) is 0 Å². The quantitative estimate of drug-likeness (QED) is 0.761. The number of aliphatic hydroxyl groups is 1. The van der Waals surface area contributed by atoms with E-state index < -0.39 is 6.29 Å². The van der Waals surface area contributed by atoms with Crippen molar-refractivity contribution in [1.29, 1.82) is 0 Å². The number of benzene rings is 1. The Morgan fingerprint density at radius 3 is 1.96 bits per heavy atom. The summed E-state index contributed by atoms with van der Waals surface area (Å²) >= 11 is 0. The first-order chi connectivity index (χ1) is 11.1. The first kappa shape index (κ1) is 16.8. The molecule has 1 unspecified atom stereocenters. The Hall–Kier alpha value is -1.02. The van der Waals surface area contributed by atoms with E-state index in [2.05, 4.69) is 13.8 Å². The van der Waals surface area contributed by atoms with Crippen molar-refractivity contribution < 1.29 is 9.84 Å². The summed E-state index contributed by atoms with van der Waals surface area (Å²) in [6.45, 7) is 4.46. The van der Waals surface area contributed by atoms with Gasteiger partial charge in [-0.2, -0.15) is 0 Å². The van der Waals surface area contributed by atoms with Gasteiger partial charge in [-0.15, -0.1) is 0 Å². The number of hydrogen-bond acceptors (Lipinski definition) is 2. The lowest BCUT2D eigenvalue weighted by Crippen LogP contribution is -2.32. The highest BCUT2D eigenvalue weighted by Gasteiger charge is 2.32. The van der Waals surface area contributed by atoms with Gasteiger partial charge in [0, 0.05) is 5.92 Å². The smallest absolute Gasteiger partial charge is 0.200 e. The largest absolute Gasteiger partial charge is 0.465 e. The molecule has 0 bridgehead atoms. The van der Waals surface area contributed by atoms with E-state index in [0.29, 0.717) is 5.92 Å². The molecule has 0 radical (unpaired) electrons. The van der Waals surface area contributed by atoms with E-state index in [1.165, 1.54) is 44.1 Å². The summed E-state index contributed by atoms with van der Waals surface area (Å²) in [6, 6.07) is 7.97. The minimum Gasteiger partial charge on any atom is -0.465 e. The monoisotopic (exact) mass is 316 g/mol. The van der Waals surface area contributed by atoms with Crippen LogP contribution in [0.1, 0.15) is 63.9 Å². The Kier molecular flexibility index (Phi) is 5.63. The van der Waals surface area contributed by atoms with Crippen molar-refractivity contribution in [2.24, 2.45) is 23.7 Å². The molecule has 1 aromatic carbocycles. The van der Waals surface area contributed by atoms with Gasteiger partial charge in [-0.25, -0.2) is 0 Å². The third kappa shape index (κ3) is 4.50. The molecule has 128 valence electrons. The lowest BCUT2D eigenvalue weighted by molar-refractivity contribution is -0.0785. The topological polar surface area (TPSA) is 29.5 Å². The lowest BCUT2D eigenvalue weighted by Gasteiger charge is -2.38. The molecular formula is C21H32O2. The van der Waals surface area contributed by atoms with Gasteiger partial charge in [-0.3, -0.25) is 0 Å². The summed E-state index contributed by atoms with van der Waals surface area (Å²) in [7, 11) is 0. The molecule has 1 aromatic rings. The van der Waals surface area contributed by atoms with Crippen LogP contribution in [-0.4, -0.2) is 11.4 Å². The van der Waals surface area contributed by atoms with Gasteiger partial charge in [-0.05, 0) is 75.3 Å². The zero-order valence-corrected chi connectivity index (χ0v) is 14.7. The molecule has 2 nitrogen and oxygen atoms in total. The van der Waals surface area contributed by atoms with Gasteiger partial charge in [0.05, 0.1) is 0 Å². The minimum atomic E-state index is -0.648. The van der Waals surface area contributed by atoms with Crippen molar-refractivity contribution >= 4 is 0 Å². The Morgan fingerprint density at radius 1 is 0.870 bits per heavy atom. The molecule has 0 saturated heterocycles. The zero-order valence-electron chi connectivity index (χ0n) is 14.7. The van der Waals surface area contributed by atoms with E-state index in [9.17, 15) is 5.11 Å². The number of hydrogen-bond donors (Lipinski definition) is 1. The van der Waals surface area contributed by atoms with Gasteiger partial charge in [0.1, 0.15) is 5.75 Å². The standard InChI is InChI=1S/C21H32O2/c1-15-3-7-17(8-4-15)18-9-11-19(12-10-18)21(22)23-20-13-5-16(2)6-14-20/h5-6,13-15,17-19,21-22H,3-4,7-12H2,1-2H3. The van der Waals surface area contributed by atoms with Gasteiger partial charge in [0.15, 0.2) is 6.29 Å². The van der Waals surface area contributed by atoms with Crippen molar-refractivity contribution in [3.8, 4) is 5.75 Å². The molecule has 0 aromatic heterocycles. The van der Waals surface area contributed by atoms with Crippen molar-refractivity contribution in [2.45, 2.75) is 71.5 Å². The third-order valence-electron chi connectivity index (χ3n) is 6.22. The van der Waals surface area contributed by atoms with Gasteiger partial charge in [0.25, 0.3) is 0 Å². The SMILES string of the molecule is Cc1ccc(OC(O)C2CCC(C3CCC(C)CC3)CC2)cc1. The molecule has 2 heteroatoms. The van der Waals surface area contributed by atoms with E-state index in [1.54, 1.807) is 0 Å². The van der Waals surface area contributed by atoms with E-state index >= 15 is 0 Å². The number of aliphatic hydroxyl groups excluding tert-OH is 1. The third-order valence-corrected chi connectivity index (χ3v) is 6.22. The van der Waals surface area contributed by atoms with Gasteiger partial charge in [-0.1, -0.05) is 37.5 Å². The van der Waals surface area contributed by atoms with Crippen LogP contribution in [0.4, 0.5) is 0 Å². The molecule has 0 heterocycles. The molecule has 1 atom stereocenters. The molecule has 0 amide bonds. The second-order valence-corrected chi connectivity index (χ2v) is 8.02. The van der Waals surface area contributed by atoms with Crippen LogP contribution in [0.2, 0.25) is 0 Å². The van der Waals surface area contributed by atoms with Crippen LogP contribution >= 0.6 is 0 Å². The predicted molar refractivity (Wildman–Crippen MR) is 94.4 cm³/mol. The maximum Gasteiger partial charge on any atom is 0.200 e. The minimum absolute atomic E-state index is 0.301. The molecular weight excluding hydrogens is 284 g/mol. The normalized spacial score (nSPS) is 33.2. The van der Waals surface area contributed by atoms with Crippen LogP contribution in [0.25, 0.3) is 0 Å². The zero-order chi connectivity index (χ0) is 16.2. The summed E-state index contributed by atoms with van der Waals surface area (Å²) in [6.07, 6.45) is 9.83. The van der Waals surface area contributed by atoms with Crippen LogP contribution in [0.5, 0.6) is 5.75 Å². The average molecular weight is 316 g/mol. The highest BCUT2D eigenvalue weighted by atomic mass is 16.6. The Bertz CT molecular complexity index is 465. The van der Waals surface area contributed by atoms with Crippen molar-refractivity contribution in [3.63, 3.8) is 0 Å². The number of ether oxygens (including phenoxy) is 1. The van der Waals surface area contributed by atoms with Crippen LogP contribution in [-0.2, 0) is 0 Å². The van der Waals surface area contributed by atoms with E-state index in [0.717, 1.165) is 36.3 Å². The van der Waals surface area contributed by atoms with Crippen LogP contribution in [0.3, 0.4) is 0 Å². The van der Waals surface area contributed by atoms with Crippen molar-refractivity contribution in [1.82, 2.24) is 0 Å². The molecule has 2 aliphatic rings. The average Bonchev–Trinajstić information content (AvgIpc) is 2.58. The Labute approximate surface area is 141 Å². The molecule has 23 heavy (non-hydrogen) atoms. The van der Waals surface area contributed by atoms with Gasteiger partial charge >= 0.3 is 0 Å². The summed E-state index contributed by atoms with van der Waals surface area (Å²) in [5.41, 5.74) is 1.22. The first-order valence-corrected chi connectivity index (χ1v) is 9.53. The molecule has 1 N–H and O–H groups in total. The molecule has 2 saturated carbocycles.